The first-order chi connectivity index (χ1) is 11.4. The Morgan fingerprint density at radius 1 is 1.24 bits per heavy atom. The molecule has 2 rings (SSSR count). The summed E-state index contributed by atoms with van der Waals surface area (Å²) in [6, 6.07) is 2.54. The molecule has 0 radical (unpaired) electrons. The number of alkyl halides is 3. The predicted molar refractivity (Wildman–Crippen MR) is 93.8 cm³/mol. The van der Waals surface area contributed by atoms with Crippen molar-refractivity contribution in [1.29, 1.82) is 0 Å². The van der Waals surface area contributed by atoms with Crippen LogP contribution >= 0.6 is 0 Å². The molecule has 1 aromatic rings. The van der Waals surface area contributed by atoms with Gasteiger partial charge in [-0.15, -0.1) is 0 Å². The van der Waals surface area contributed by atoms with Gasteiger partial charge < -0.3 is 10.6 Å². The second kappa shape index (κ2) is 6.73. The summed E-state index contributed by atoms with van der Waals surface area (Å²) >= 11 is 0. The Morgan fingerprint density at radius 2 is 1.88 bits per heavy atom. The van der Waals surface area contributed by atoms with Gasteiger partial charge in [-0.2, -0.15) is 13.2 Å². The highest BCUT2D eigenvalue weighted by Crippen LogP contribution is 2.39. The minimum absolute atomic E-state index is 0.0351. The average Bonchev–Trinajstić information content (AvgIpc) is 2.44. The Bertz CT molecular complexity index is 700. The van der Waals surface area contributed by atoms with E-state index in [9.17, 15) is 18.0 Å². The third-order valence-electron chi connectivity index (χ3n) is 4.23. The van der Waals surface area contributed by atoms with Gasteiger partial charge in [0.25, 0.3) is 0 Å². The van der Waals surface area contributed by atoms with E-state index in [1.807, 2.05) is 20.8 Å². The summed E-state index contributed by atoms with van der Waals surface area (Å²) in [5.74, 6) is 0.0351. The molecule has 0 unspecified atom stereocenters. The van der Waals surface area contributed by atoms with Crippen LogP contribution in [0.25, 0.3) is 5.57 Å². The highest BCUT2D eigenvalue weighted by molar-refractivity contribution is 5.80. The fourth-order valence-electron chi connectivity index (χ4n) is 3.15. The summed E-state index contributed by atoms with van der Waals surface area (Å²) in [6.45, 7) is 8.38. The van der Waals surface area contributed by atoms with Crippen molar-refractivity contribution < 1.29 is 18.0 Å². The molecule has 2 N–H and O–H groups in total. The highest BCUT2D eigenvalue weighted by Gasteiger charge is 2.36. The van der Waals surface area contributed by atoms with Gasteiger partial charge in [-0.1, -0.05) is 26.8 Å². The van der Waals surface area contributed by atoms with Gasteiger partial charge in [0.15, 0.2) is 0 Å². The number of anilines is 1. The predicted octanol–water partition coefficient (Wildman–Crippen LogP) is 4.65. The van der Waals surface area contributed by atoms with Gasteiger partial charge in [-0.25, -0.2) is 0 Å². The summed E-state index contributed by atoms with van der Waals surface area (Å²) in [6.07, 6.45) is -1.90. The SMILES string of the molecule is Cc1cc(N)cc(C(F)(F)F)c1C1=CCN(C(=O)CC(C)(C)C)CC1. The zero-order valence-corrected chi connectivity index (χ0v) is 15.1. The van der Waals surface area contributed by atoms with Gasteiger partial charge in [0, 0.05) is 25.2 Å². The molecule has 0 spiro atoms. The minimum atomic E-state index is -4.46. The molecule has 0 bridgehead atoms. The van der Waals surface area contributed by atoms with E-state index in [4.69, 9.17) is 5.73 Å². The van der Waals surface area contributed by atoms with Crippen molar-refractivity contribution in [3.8, 4) is 0 Å². The number of carbonyl (C=O) groups is 1. The third kappa shape index (κ3) is 4.77. The van der Waals surface area contributed by atoms with Crippen LogP contribution in [-0.2, 0) is 11.0 Å². The Morgan fingerprint density at radius 3 is 2.36 bits per heavy atom. The molecule has 0 saturated heterocycles. The number of amides is 1. The van der Waals surface area contributed by atoms with E-state index in [1.54, 1.807) is 24.0 Å². The molecule has 25 heavy (non-hydrogen) atoms. The van der Waals surface area contributed by atoms with Crippen LogP contribution in [-0.4, -0.2) is 23.9 Å². The van der Waals surface area contributed by atoms with Crippen LogP contribution in [0.1, 0.15) is 50.3 Å². The molecule has 1 heterocycles. The van der Waals surface area contributed by atoms with Gasteiger partial charge >= 0.3 is 6.18 Å². The summed E-state index contributed by atoms with van der Waals surface area (Å²) in [4.78, 5) is 14.0. The number of nitrogens with two attached hydrogens (primary N) is 1. The number of hydrogen-bond acceptors (Lipinski definition) is 2. The van der Waals surface area contributed by atoms with Gasteiger partial charge in [-0.05, 0) is 47.6 Å². The molecule has 6 heteroatoms. The number of nitrogens with zero attached hydrogens (tertiary/aromatic N) is 1. The minimum Gasteiger partial charge on any atom is -0.399 e. The van der Waals surface area contributed by atoms with E-state index in [1.165, 1.54) is 0 Å². The average molecular weight is 354 g/mol. The molecule has 138 valence electrons. The normalized spacial score (nSPS) is 16.0. The van der Waals surface area contributed by atoms with Crippen molar-refractivity contribution in [2.45, 2.75) is 46.7 Å². The van der Waals surface area contributed by atoms with Crippen molar-refractivity contribution in [1.82, 2.24) is 4.90 Å². The molecule has 1 aromatic carbocycles. The van der Waals surface area contributed by atoms with E-state index in [2.05, 4.69) is 0 Å². The molecule has 0 aromatic heterocycles. The summed E-state index contributed by atoms with van der Waals surface area (Å²) in [5.41, 5.74) is 6.23. The molecule has 1 aliphatic rings. The van der Waals surface area contributed by atoms with Crippen molar-refractivity contribution in [3.63, 3.8) is 0 Å². The lowest BCUT2D eigenvalue weighted by molar-refractivity contribution is -0.138. The standard InChI is InChI=1S/C19H25F3N2O/c1-12-9-14(23)10-15(19(20,21)22)17(12)13-5-7-24(8-6-13)16(25)11-18(2,3)4/h5,9-10H,6-8,11,23H2,1-4H3. The summed E-state index contributed by atoms with van der Waals surface area (Å²) < 4.78 is 40.2. The molecule has 3 nitrogen and oxygen atoms in total. The smallest absolute Gasteiger partial charge is 0.399 e. The van der Waals surface area contributed by atoms with Gasteiger partial charge in [0.1, 0.15) is 0 Å². The number of rotatable bonds is 2. The molecule has 0 saturated carbocycles. The lowest BCUT2D eigenvalue weighted by Gasteiger charge is -2.30. The molecule has 1 amide bonds. The molecule has 0 atom stereocenters. The van der Waals surface area contributed by atoms with E-state index in [0.29, 0.717) is 37.1 Å². The molecular formula is C19H25F3N2O. The van der Waals surface area contributed by atoms with Crippen LogP contribution in [0.4, 0.5) is 18.9 Å². The van der Waals surface area contributed by atoms with Crippen molar-refractivity contribution in [2.75, 3.05) is 18.8 Å². The molecular weight excluding hydrogens is 329 g/mol. The quantitative estimate of drug-likeness (QED) is 0.786. The Balaban J connectivity index is 2.29. The first-order valence-corrected chi connectivity index (χ1v) is 8.33. The maximum Gasteiger partial charge on any atom is 0.417 e. The topological polar surface area (TPSA) is 46.3 Å². The Labute approximate surface area is 146 Å². The second-order valence-electron chi connectivity index (χ2n) is 7.81. The summed E-state index contributed by atoms with van der Waals surface area (Å²) in [5, 5.41) is 0. The number of carbonyl (C=O) groups excluding carboxylic acids is 1. The number of hydrogen-bond donors (Lipinski definition) is 1. The zero-order valence-electron chi connectivity index (χ0n) is 15.1. The monoisotopic (exact) mass is 354 g/mol. The van der Waals surface area contributed by atoms with E-state index >= 15 is 0 Å². The van der Waals surface area contributed by atoms with Crippen LogP contribution < -0.4 is 5.73 Å². The summed E-state index contributed by atoms with van der Waals surface area (Å²) in [7, 11) is 0. The van der Waals surface area contributed by atoms with Gasteiger partial charge in [0.05, 0.1) is 5.56 Å². The lowest BCUT2D eigenvalue weighted by Crippen LogP contribution is -2.36. The van der Waals surface area contributed by atoms with E-state index < -0.39 is 11.7 Å². The van der Waals surface area contributed by atoms with Gasteiger partial charge in [-0.3, -0.25) is 4.79 Å². The number of nitrogen functional groups attached to an aromatic ring is 1. The number of halogens is 3. The maximum atomic E-state index is 13.4. The lowest BCUT2D eigenvalue weighted by atomic mass is 9.89. The Kier molecular flexibility index (Phi) is 5.21. The van der Waals surface area contributed by atoms with Crippen molar-refractivity contribution in [3.05, 3.63) is 34.9 Å². The fourth-order valence-corrected chi connectivity index (χ4v) is 3.15. The van der Waals surface area contributed by atoms with E-state index in [-0.39, 0.29) is 22.6 Å². The third-order valence-corrected chi connectivity index (χ3v) is 4.23. The van der Waals surface area contributed by atoms with Crippen LogP contribution in [0.5, 0.6) is 0 Å². The van der Waals surface area contributed by atoms with Crippen LogP contribution in [0, 0.1) is 12.3 Å². The van der Waals surface area contributed by atoms with Crippen LogP contribution in [0.3, 0.4) is 0 Å². The highest BCUT2D eigenvalue weighted by atomic mass is 19.4. The van der Waals surface area contributed by atoms with E-state index in [0.717, 1.165) is 6.07 Å². The first kappa shape index (κ1) is 19.3. The molecule has 0 aliphatic carbocycles. The zero-order chi connectivity index (χ0) is 19.0. The van der Waals surface area contributed by atoms with Crippen molar-refractivity contribution in [2.24, 2.45) is 5.41 Å². The Hall–Kier alpha value is -1.98. The first-order valence-electron chi connectivity index (χ1n) is 8.33. The molecule has 1 aliphatic heterocycles. The van der Waals surface area contributed by atoms with Crippen molar-refractivity contribution >= 4 is 17.2 Å². The van der Waals surface area contributed by atoms with Crippen LogP contribution in [0.15, 0.2) is 18.2 Å². The number of aryl methyl sites for hydroxylation is 1. The number of benzene rings is 1. The second-order valence-corrected chi connectivity index (χ2v) is 7.81. The van der Waals surface area contributed by atoms with Gasteiger partial charge in [0.2, 0.25) is 5.91 Å². The maximum absolute atomic E-state index is 13.4. The molecule has 0 fully saturated rings. The van der Waals surface area contributed by atoms with Crippen LogP contribution in [0.2, 0.25) is 0 Å². The fraction of sp³-hybridized carbons (Fsp3) is 0.526. The largest absolute Gasteiger partial charge is 0.417 e.